The molecule has 0 spiro atoms. The van der Waals surface area contributed by atoms with Gasteiger partial charge in [-0.05, 0) is 12.1 Å². The summed E-state index contributed by atoms with van der Waals surface area (Å²) in [5.41, 5.74) is 3.39. The molecule has 0 atom stereocenters. The molecule has 2 aromatic rings. The summed E-state index contributed by atoms with van der Waals surface area (Å²) >= 11 is 0. The van der Waals surface area contributed by atoms with E-state index in [4.69, 9.17) is 0 Å². The van der Waals surface area contributed by atoms with Crippen molar-refractivity contribution in [2.24, 2.45) is 0 Å². The number of nitrogens with one attached hydrogen (secondary N) is 1. The maximum atomic E-state index is 4.21. The third kappa shape index (κ3) is 1.81. The Kier molecular flexibility index (Phi) is 3.22. The minimum Gasteiger partial charge on any atom is -0.311 e. The lowest BCUT2D eigenvalue weighted by Gasteiger charge is -2.13. The second kappa shape index (κ2) is 4.63. The van der Waals surface area contributed by atoms with E-state index < -0.39 is 0 Å². The van der Waals surface area contributed by atoms with Crippen molar-refractivity contribution < 1.29 is 0 Å². The summed E-state index contributed by atoms with van der Waals surface area (Å²) in [6.07, 6.45) is 0.974. The summed E-state index contributed by atoms with van der Waals surface area (Å²) in [4.78, 5) is 0. The SMILES string of the molecule is Cl.c1ccc(-n2nnc3c2CNCC3)cc1. The third-order valence-electron chi connectivity index (χ3n) is 2.68. The number of fused-ring (bicyclic) bond motifs is 1. The molecule has 3 rings (SSSR count). The highest BCUT2D eigenvalue weighted by Crippen LogP contribution is 2.15. The normalized spacial score (nSPS) is 14.0. The topological polar surface area (TPSA) is 42.7 Å². The zero-order valence-corrected chi connectivity index (χ0v) is 9.57. The predicted molar refractivity (Wildman–Crippen MR) is 64.0 cm³/mol. The number of rotatable bonds is 1. The maximum absolute atomic E-state index is 4.21. The van der Waals surface area contributed by atoms with Crippen LogP contribution in [0.25, 0.3) is 5.69 Å². The first-order valence-electron chi connectivity index (χ1n) is 5.15. The zero-order valence-electron chi connectivity index (χ0n) is 8.76. The molecule has 0 saturated carbocycles. The molecule has 0 aliphatic carbocycles. The van der Waals surface area contributed by atoms with Crippen molar-refractivity contribution in [2.45, 2.75) is 13.0 Å². The molecule has 2 heterocycles. The smallest absolute Gasteiger partial charge is 0.0889 e. The largest absolute Gasteiger partial charge is 0.311 e. The second-order valence-corrected chi connectivity index (χ2v) is 3.66. The molecule has 4 nitrogen and oxygen atoms in total. The fourth-order valence-electron chi connectivity index (χ4n) is 1.89. The van der Waals surface area contributed by atoms with E-state index in [2.05, 4.69) is 15.6 Å². The first-order valence-corrected chi connectivity index (χ1v) is 5.15. The number of benzene rings is 1. The van der Waals surface area contributed by atoms with E-state index in [0.717, 1.165) is 30.9 Å². The van der Waals surface area contributed by atoms with Crippen LogP contribution in [0.1, 0.15) is 11.4 Å². The first kappa shape index (κ1) is 11.1. The molecule has 1 aliphatic heterocycles. The third-order valence-corrected chi connectivity index (χ3v) is 2.68. The lowest BCUT2D eigenvalue weighted by molar-refractivity contribution is 0.613. The van der Waals surface area contributed by atoms with Crippen molar-refractivity contribution in [1.29, 1.82) is 0 Å². The van der Waals surface area contributed by atoms with E-state index in [1.807, 2.05) is 35.0 Å². The van der Waals surface area contributed by atoms with E-state index in [9.17, 15) is 0 Å². The Labute approximate surface area is 100 Å². The van der Waals surface area contributed by atoms with Gasteiger partial charge in [0.05, 0.1) is 17.1 Å². The van der Waals surface area contributed by atoms with Crippen molar-refractivity contribution in [2.75, 3.05) is 6.54 Å². The molecular formula is C11H13ClN4. The highest BCUT2D eigenvalue weighted by molar-refractivity contribution is 5.85. The number of nitrogens with zero attached hydrogens (tertiary/aromatic N) is 3. The number of aromatic nitrogens is 3. The van der Waals surface area contributed by atoms with E-state index in [1.165, 1.54) is 5.69 Å². The van der Waals surface area contributed by atoms with Crippen LogP contribution in [0, 0.1) is 0 Å². The fraction of sp³-hybridized carbons (Fsp3) is 0.273. The standard InChI is InChI=1S/C11H12N4.ClH/c1-2-4-9(5-3-1)15-11-8-12-7-6-10(11)13-14-15;/h1-5,12H,6-8H2;1H. The molecule has 0 unspecified atom stereocenters. The molecule has 0 amide bonds. The summed E-state index contributed by atoms with van der Waals surface area (Å²) in [5, 5.41) is 11.7. The van der Waals surface area contributed by atoms with Crippen LogP contribution < -0.4 is 5.32 Å². The maximum Gasteiger partial charge on any atom is 0.0889 e. The molecule has 5 heteroatoms. The second-order valence-electron chi connectivity index (χ2n) is 3.66. The molecule has 1 aromatic heterocycles. The van der Waals surface area contributed by atoms with Crippen molar-refractivity contribution in [3.05, 3.63) is 41.7 Å². The van der Waals surface area contributed by atoms with Crippen LogP contribution in [-0.2, 0) is 13.0 Å². The van der Waals surface area contributed by atoms with Gasteiger partial charge in [-0.1, -0.05) is 23.4 Å². The highest BCUT2D eigenvalue weighted by Gasteiger charge is 2.16. The number of hydrogen-bond donors (Lipinski definition) is 1. The monoisotopic (exact) mass is 236 g/mol. The van der Waals surface area contributed by atoms with Crippen LogP contribution >= 0.6 is 12.4 Å². The Morgan fingerprint density at radius 2 is 2.00 bits per heavy atom. The Hall–Kier alpha value is -1.39. The molecule has 0 radical (unpaired) electrons. The Morgan fingerprint density at radius 1 is 1.19 bits per heavy atom. The Morgan fingerprint density at radius 3 is 2.81 bits per heavy atom. The predicted octanol–water partition coefficient (Wildman–Crippen LogP) is 1.33. The van der Waals surface area contributed by atoms with Crippen molar-refractivity contribution in [1.82, 2.24) is 20.3 Å². The van der Waals surface area contributed by atoms with Crippen molar-refractivity contribution in [3.63, 3.8) is 0 Å². The average Bonchev–Trinajstić information content (AvgIpc) is 2.74. The molecule has 1 N–H and O–H groups in total. The Balaban J connectivity index is 0.000000963. The Bertz CT molecular complexity index is 466. The minimum atomic E-state index is 0. The first-order chi connectivity index (χ1) is 7.45. The van der Waals surface area contributed by atoms with E-state index in [0.29, 0.717) is 0 Å². The van der Waals surface area contributed by atoms with Crippen LogP contribution in [-0.4, -0.2) is 21.5 Å². The van der Waals surface area contributed by atoms with Gasteiger partial charge in [0, 0.05) is 19.5 Å². The van der Waals surface area contributed by atoms with Gasteiger partial charge in [0.2, 0.25) is 0 Å². The quantitative estimate of drug-likeness (QED) is 0.813. The van der Waals surface area contributed by atoms with Gasteiger partial charge in [0.1, 0.15) is 0 Å². The van der Waals surface area contributed by atoms with Gasteiger partial charge >= 0.3 is 0 Å². The van der Waals surface area contributed by atoms with Crippen molar-refractivity contribution >= 4 is 12.4 Å². The lowest BCUT2D eigenvalue weighted by Crippen LogP contribution is -2.25. The van der Waals surface area contributed by atoms with Gasteiger partial charge in [-0.25, -0.2) is 4.68 Å². The molecular weight excluding hydrogens is 224 g/mol. The molecule has 0 bridgehead atoms. The van der Waals surface area contributed by atoms with Gasteiger partial charge in [-0.15, -0.1) is 17.5 Å². The van der Waals surface area contributed by atoms with Crippen LogP contribution in [0.15, 0.2) is 30.3 Å². The van der Waals surface area contributed by atoms with Gasteiger partial charge in [-0.3, -0.25) is 0 Å². The van der Waals surface area contributed by atoms with Crippen LogP contribution in [0.5, 0.6) is 0 Å². The molecule has 0 fully saturated rings. The van der Waals surface area contributed by atoms with E-state index in [1.54, 1.807) is 0 Å². The van der Waals surface area contributed by atoms with Crippen LogP contribution in [0.2, 0.25) is 0 Å². The van der Waals surface area contributed by atoms with Crippen LogP contribution in [0.4, 0.5) is 0 Å². The lowest BCUT2D eigenvalue weighted by atomic mass is 10.2. The summed E-state index contributed by atoms with van der Waals surface area (Å²) in [5.74, 6) is 0. The zero-order chi connectivity index (χ0) is 10.1. The van der Waals surface area contributed by atoms with Crippen LogP contribution in [0.3, 0.4) is 0 Å². The molecule has 1 aromatic carbocycles. The minimum absolute atomic E-state index is 0. The van der Waals surface area contributed by atoms with Crippen molar-refractivity contribution in [3.8, 4) is 5.69 Å². The molecule has 1 aliphatic rings. The summed E-state index contributed by atoms with van der Waals surface area (Å²) in [6, 6.07) is 10.1. The molecule has 84 valence electrons. The fourth-order valence-corrected chi connectivity index (χ4v) is 1.89. The van der Waals surface area contributed by atoms with Gasteiger partial charge < -0.3 is 5.32 Å². The number of halogens is 1. The average molecular weight is 237 g/mol. The summed E-state index contributed by atoms with van der Waals surface area (Å²) in [7, 11) is 0. The number of hydrogen-bond acceptors (Lipinski definition) is 3. The van der Waals surface area contributed by atoms with E-state index >= 15 is 0 Å². The molecule has 16 heavy (non-hydrogen) atoms. The highest BCUT2D eigenvalue weighted by atomic mass is 35.5. The van der Waals surface area contributed by atoms with Gasteiger partial charge in [0.25, 0.3) is 0 Å². The molecule has 0 saturated heterocycles. The number of para-hydroxylation sites is 1. The van der Waals surface area contributed by atoms with Gasteiger partial charge in [0.15, 0.2) is 0 Å². The van der Waals surface area contributed by atoms with E-state index in [-0.39, 0.29) is 12.4 Å². The van der Waals surface area contributed by atoms with Gasteiger partial charge in [-0.2, -0.15) is 0 Å². The summed E-state index contributed by atoms with van der Waals surface area (Å²) < 4.78 is 1.92. The summed E-state index contributed by atoms with van der Waals surface area (Å²) in [6.45, 7) is 1.86.